The van der Waals surface area contributed by atoms with E-state index in [4.69, 9.17) is 15.0 Å². The summed E-state index contributed by atoms with van der Waals surface area (Å²) >= 11 is 0. The molecule has 9 heteroatoms. The van der Waals surface area contributed by atoms with E-state index in [1.54, 1.807) is 0 Å². The van der Waals surface area contributed by atoms with Crippen LogP contribution in [0.2, 0.25) is 0 Å². The molecule has 6 heterocycles. The van der Waals surface area contributed by atoms with Gasteiger partial charge in [0.15, 0.2) is 0 Å². The number of piperidine rings is 1. The Morgan fingerprint density at radius 1 is 0.723 bits per heavy atom. The first kappa shape index (κ1) is 33.6. The molecular weight excluding hydrogens is 582 g/mol. The van der Waals surface area contributed by atoms with E-state index in [2.05, 4.69) is 108 Å². The SMILES string of the molecule is CCc1cc(CC(C)c2cc(CC(C)c3cccc(N4CCN(C)CC4)n3)cc(N3CCNCC3)n2)cc(N2CCC(NC)CC2)n1. The summed E-state index contributed by atoms with van der Waals surface area (Å²) < 4.78 is 0. The fourth-order valence-electron chi connectivity index (χ4n) is 7.35. The van der Waals surface area contributed by atoms with E-state index in [-0.39, 0.29) is 0 Å². The molecule has 3 saturated heterocycles. The van der Waals surface area contributed by atoms with Crippen molar-refractivity contribution >= 4 is 17.5 Å². The van der Waals surface area contributed by atoms with Gasteiger partial charge in [0.2, 0.25) is 0 Å². The number of aryl methyl sites for hydroxylation is 1. The van der Waals surface area contributed by atoms with Crippen molar-refractivity contribution in [3.05, 3.63) is 70.7 Å². The smallest absolute Gasteiger partial charge is 0.129 e. The minimum absolute atomic E-state index is 0.292. The van der Waals surface area contributed by atoms with E-state index in [1.807, 2.05) is 0 Å². The standard InChI is InChI=1S/C38H57N9/c1-6-32-24-30(26-37(41-32)45-14-10-33(39-4)11-15-45)23-29(3)35-25-31(27-38(43-35)46-16-12-40-13-17-46)22-28(2)34-8-7-9-36(42-34)47-20-18-44(5)19-21-47/h7-9,24-29,33,39-40H,6,10-23H2,1-5H3. The molecule has 0 spiro atoms. The van der Waals surface area contributed by atoms with E-state index >= 15 is 0 Å². The first-order chi connectivity index (χ1) is 22.9. The maximum absolute atomic E-state index is 5.33. The van der Waals surface area contributed by atoms with E-state index in [9.17, 15) is 0 Å². The molecule has 2 unspecified atom stereocenters. The van der Waals surface area contributed by atoms with Crippen LogP contribution in [0.5, 0.6) is 0 Å². The molecule has 3 aliphatic rings. The molecule has 47 heavy (non-hydrogen) atoms. The summed E-state index contributed by atoms with van der Waals surface area (Å²) in [4.78, 5) is 25.3. The zero-order valence-corrected chi connectivity index (χ0v) is 29.5. The van der Waals surface area contributed by atoms with Crippen LogP contribution in [0.25, 0.3) is 0 Å². The van der Waals surface area contributed by atoms with Gasteiger partial charge in [0, 0.05) is 100 Å². The number of pyridine rings is 3. The van der Waals surface area contributed by atoms with Crippen LogP contribution in [0.3, 0.4) is 0 Å². The van der Waals surface area contributed by atoms with Crippen molar-refractivity contribution in [1.82, 2.24) is 30.5 Å². The van der Waals surface area contributed by atoms with E-state index in [1.165, 1.54) is 41.1 Å². The number of nitrogens with one attached hydrogen (secondary N) is 2. The molecule has 0 amide bonds. The van der Waals surface area contributed by atoms with Crippen molar-refractivity contribution in [3.8, 4) is 0 Å². The highest BCUT2D eigenvalue weighted by Gasteiger charge is 2.22. The van der Waals surface area contributed by atoms with Crippen molar-refractivity contribution in [3.63, 3.8) is 0 Å². The van der Waals surface area contributed by atoms with Crippen LogP contribution in [-0.2, 0) is 19.3 Å². The third-order valence-electron chi connectivity index (χ3n) is 10.5. The Hall–Kier alpha value is -3.27. The second-order valence-electron chi connectivity index (χ2n) is 14.1. The molecule has 0 aromatic carbocycles. The van der Waals surface area contributed by atoms with Crippen LogP contribution >= 0.6 is 0 Å². The van der Waals surface area contributed by atoms with Gasteiger partial charge in [-0.25, -0.2) is 15.0 Å². The first-order valence-corrected chi connectivity index (χ1v) is 18.2. The van der Waals surface area contributed by atoms with Gasteiger partial charge in [0.25, 0.3) is 0 Å². The van der Waals surface area contributed by atoms with Gasteiger partial charge in [-0.2, -0.15) is 0 Å². The van der Waals surface area contributed by atoms with Gasteiger partial charge in [-0.15, -0.1) is 0 Å². The van der Waals surface area contributed by atoms with Crippen LogP contribution in [0.15, 0.2) is 42.5 Å². The molecule has 0 radical (unpaired) electrons. The molecule has 0 aliphatic carbocycles. The molecule has 2 N–H and O–H groups in total. The molecule has 3 aromatic heterocycles. The summed E-state index contributed by atoms with van der Waals surface area (Å²) in [6.45, 7) is 17.2. The predicted octanol–water partition coefficient (Wildman–Crippen LogP) is 4.48. The third kappa shape index (κ3) is 8.61. The molecular formula is C38H57N9. The lowest BCUT2D eigenvalue weighted by atomic mass is 9.93. The number of hydrogen-bond donors (Lipinski definition) is 2. The Balaban J connectivity index is 1.22. The highest BCUT2D eigenvalue weighted by Crippen LogP contribution is 2.29. The van der Waals surface area contributed by atoms with Gasteiger partial charge in [0.05, 0.1) is 0 Å². The summed E-state index contributed by atoms with van der Waals surface area (Å²) in [5.74, 6) is 3.98. The predicted molar refractivity (Wildman–Crippen MR) is 195 cm³/mol. The normalized spacial score (nSPS) is 19.6. The maximum Gasteiger partial charge on any atom is 0.129 e. The largest absolute Gasteiger partial charge is 0.356 e. The Morgan fingerprint density at radius 2 is 1.32 bits per heavy atom. The second-order valence-corrected chi connectivity index (χ2v) is 14.1. The van der Waals surface area contributed by atoms with Crippen molar-refractivity contribution in [2.24, 2.45) is 0 Å². The number of rotatable bonds is 11. The number of aromatic nitrogens is 3. The number of hydrogen-bond acceptors (Lipinski definition) is 9. The summed E-state index contributed by atoms with van der Waals surface area (Å²) in [6, 6.07) is 16.6. The topological polar surface area (TPSA) is 75.7 Å². The molecule has 3 aromatic rings. The minimum Gasteiger partial charge on any atom is -0.356 e. The van der Waals surface area contributed by atoms with Gasteiger partial charge in [0.1, 0.15) is 17.5 Å². The van der Waals surface area contributed by atoms with Crippen LogP contribution < -0.4 is 25.3 Å². The average molecular weight is 640 g/mol. The minimum atomic E-state index is 0.292. The zero-order chi connectivity index (χ0) is 32.8. The van der Waals surface area contributed by atoms with Crippen LogP contribution in [-0.4, -0.2) is 105 Å². The van der Waals surface area contributed by atoms with Crippen LogP contribution in [0, 0.1) is 0 Å². The van der Waals surface area contributed by atoms with Gasteiger partial charge < -0.3 is 30.2 Å². The molecule has 0 bridgehead atoms. The van der Waals surface area contributed by atoms with Gasteiger partial charge >= 0.3 is 0 Å². The second kappa shape index (κ2) is 15.8. The molecule has 0 saturated carbocycles. The quantitative estimate of drug-likeness (QED) is 0.316. The lowest BCUT2D eigenvalue weighted by Gasteiger charge is -2.33. The summed E-state index contributed by atoms with van der Waals surface area (Å²) in [5.41, 5.74) is 6.26. The first-order valence-electron chi connectivity index (χ1n) is 18.2. The molecule has 2 atom stereocenters. The Labute approximate surface area is 283 Å². The van der Waals surface area contributed by atoms with E-state index in [0.717, 1.165) is 102 Å². The fourth-order valence-corrected chi connectivity index (χ4v) is 7.35. The summed E-state index contributed by atoms with van der Waals surface area (Å²) in [7, 11) is 4.28. The molecule has 9 nitrogen and oxygen atoms in total. The Bertz CT molecular complexity index is 1440. The highest BCUT2D eigenvalue weighted by atomic mass is 15.3. The van der Waals surface area contributed by atoms with E-state index in [0.29, 0.717) is 17.9 Å². The number of piperazine rings is 2. The number of likely N-dealkylation sites (N-methyl/N-ethyl adjacent to an activating group) is 1. The third-order valence-corrected chi connectivity index (χ3v) is 10.5. The van der Waals surface area contributed by atoms with Crippen molar-refractivity contribution in [2.75, 3.05) is 94.2 Å². The molecule has 3 aliphatic heterocycles. The Kier molecular flexibility index (Phi) is 11.3. The van der Waals surface area contributed by atoms with Crippen LogP contribution in [0.4, 0.5) is 17.5 Å². The van der Waals surface area contributed by atoms with E-state index < -0.39 is 0 Å². The van der Waals surface area contributed by atoms with Gasteiger partial charge in [-0.1, -0.05) is 26.8 Å². The van der Waals surface area contributed by atoms with Crippen molar-refractivity contribution < 1.29 is 0 Å². The number of anilines is 3. The Morgan fingerprint density at radius 3 is 2.00 bits per heavy atom. The lowest BCUT2D eigenvalue weighted by molar-refractivity contribution is 0.312. The fraction of sp³-hybridized carbons (Fsp3) is 0.605. The molecule has 6 rings (SSSR count). The zero-order valence-electron chi connectivity index (χ0n) is 29.5. The van der Waals surface area contributed by atoms with Crippen LogP contribution in [0.1, 0.15) is 73.7 Å². The van der Waals surface area contributed by atoms with Crippen molar-refractivity contribution in [2.45, 2.75) is 70.8 Å². The summed E-state index contributed by atoms with van der Waals surface area (Å²) in [5, 5.41) is 6.97. The van der Waals surface area contributed by atoms with Crippen molar-refractivity contribution in [1.29, 1.82) is 0 Å². The number of nitrogens with zero attached hydrogens (tertiary/aromatic N) is 7. The van der Waals surface area contributed by atoms with Gasteiger partial charge in [-0.05, 0) is 93.7 Å². The highest BCUT2D eigenvalue weighted by molar-refractivity contribution is 5.47. The molecule has 254 valence electrons. The monoisotopic (exact) mass is 639 g/mol. The average Bonchev–Trinajstić information content (AvgIpc) is 3.12. The lowest BCUT2D eigenvalue weighted by Crippen LogP contribution is -2.44. The van der Waals surface area contributed by atoms with Gasteiger partial charge in [-0.3, -0.25) is 0 Å². The molecule has 3 fully saturated rings. The summed E-state index contributed by atoms with van der Waals surface area (Å²) in [6.07, 6.45) is 5.18. The maximum atomic E-state index is 5.33.